The van der Waals surface area contributed by atoms with Gasteiger partial charge in [0.2, 0.25) is 0 Å². The fourth-order valence-electron chi connectivity index (χ4n) is 3.52. The van der Waals surface area contributed by atoms with Crippen molar-refractivity contribution in [2.75, 3.05) is 0 Å². The number of hydrazine groups is 1. The maximum absolute atomic E-state index is 12.6. The van der Waals surface area contributed by atoms with Crippen LogP contribution in [0, 0.1) is 13.8 Å². The highest BCUT2D eigenvalue weighted by atomic mass is 16.5. The largest absolute Gasteiger partial charge is 0.486 e. The van der Waals surface area contributed by atoms with Gasteiger partial charge >= 0.3 is 0 Å². The molecule has 0 bridgehead atoms. The van der Waals surface area contributed by atoms with E-state index >= 15 is 0 Å². The van der Waals surface area contributed by atoms with Crippen molar-refractivity contribution in [2.24, 2.45) is 0 Å². The number of nitrogens with zero attached hydrogens (tertiary/aromatic N) is 2. The van der Waals surface area contributed by atoms with Crippen LogP contribution < -0.4 is 15.6 Å². The molecule has 2 amide bonds. The van der Waals surface area contributed by atoms with Gasteiger partial charge in [0.05, 0.1) is 11.0 Å². The van der Waals surface area contributed by atoms with Gasteiger partial charge in [-0.3, -0.25) is 20.4 Å². The molecule has 1 heterocycles. The minimum atomic E-state index is -0.368. The number of amides is 2. The van der Waals surface area contributed by atoms with Crippen molar-refractivity contribution in [1.82, 2.24) is 20.4 Å². The van der Waals surface area contributed by atoms with E-state index in [0.29, 0.717) is 11.4 Å². The third kappa shape index (κ3) is 4.78. The van der Waals surface area contributed by atoms with Gasteiger partial charge in [0, 0.05) is 5.56 Å². The monoisotopic (exact) mass is 428 g/mol. The SMILES string of the molecule is Cc1ccc(C(=O)NNC(=O)Cn2c(COc3ccccc3)nc3ccccc32)c(C)c1. The second-order valence-electron chi connectivity index (χ2n) is 7.53. The van der Waals surface area contributed by atoms with Crippen molar-refractivity contribution >= 4 is 22.8 Å². The Morgan fingerprint density at radius 3 is 2.47 bits per heavy atom. The third-order valence-corrected chi connectivity index (χ3v) is 5.09. The maximum atomic E-state index is 12.6. The average Bonchev–Trinajstić information content (AvgIpc) is 3.14. The molecule has 3 aromatic carbocycles. The molecule has 4 aromatic rings. The van der Waals surface area contributed by atoms with E-state index in [-0.39, 0.29) is 25.0 Å². The van der Waals surface area contributed by atoms with Gasteiger partial charge in [-0.2, -0.15) is 0 Å². The van der Waals surface area contributed by atoms with Crippen molar-refractivity contribution in [3.63, 3.8) is 0 Å². The number of aromatic nitrogens is 2. The molecule has 1 aromatic heterocycles. The Kier molecular flexibility index (Phi) is 6.17. The van der Waals surface area contributed by atoms with E-state index < -0.39 is 0 Å². The van der Waals surface area contributed by atoms with Crippen LogP contribution in [0.4, 0.5) is 0 Å². The second kappa shape index (κ2) is 9.34. The van der Waals surface area contributed by atoms with Crippen LogP contribution in [-0.4, -0.2) is 21.4 Å². The fraction of sp³-hybridized carbons (Fsp3) is 0.160. The molecule has 0 fully saturated rings. The molecule has 0 aliphatic carbocycles. The Labute approximate surface area is 186 Å². The van der Waals surface area contributed by atoms with E-state index in [1.165, 1.54) is 0 Å². The van der Waals surface area contributed by atoms with Crippen molar-refractivity contribution in [2.45, 2.75) is 27.0 Å². The molecule has 32 heavy (non-hydrogen) atoms. The lowest BCUT2D eigenvalue weighted by molar-refractivity contribution is -0.122. The first-order chi connectivity index (χ1) is 15.5. The zero-order valence-corrected chi connectivity index (χ0v) is 18.0. The van der Waals surface area contributed by atoms with E-state index in [9.17, 15) is 9.59 Å². The Balaban J connectivity index is 1.46. The topological polar surface area (TPSA) is 85.2 Å². The third-order valence-electron chi connectivity index (χ3n) is 5.09. The summed E-state index contributed by atoms with van der Waals surface area (Å²) in [5.74, 6) is 0.605. The van der Waals surface area contributed by atoms with Crippen molar-refractivity contribution in [3.8, 4) is 5.75 Å². The summed E-state index contributed by atoms with van der Waals surface area (Å²) in [6.45, 7) is 4.02. The van der Waals surface area contributed by atoms with Crippen LogP contribution in [-0.2, 0) is 17.9 Å². The van der Waals surface area contributed by atoms with E-state index in [1.54, 1.807) is 10.6 Å². The molecule has 0 aliphatic heterocycles. The molecule has 2 N–H and O–H groups in total. The molecule has 0 saturated carbocycles. The number of imidazole rings is 1. The van der Waals surface area contributed by atoms with Crippen LogP contribution in [0.25, 0.3) is 11.0 Å². The summed E-state index contributed by atoms with van der Waals surface area (Å²) in [6, 6.07) is 22.5. The maximum Gasteiger partial charge on any atom is 0.269 e. The van der Waals surface area contributed by atoms with Crippen molar-refractivity contribution < 1.29 is 14.3 Å². The molecule has 0 saturated heterocycles. The fourth-order valence-corrected chi connectivity index (χ4v) is 3.52. The quantitative estimate of drug-likeness (QED) is 0.459. The Morgan fingerprint density at radius 2 is 1.69 bits per heavy atom. The first-order valence-corrected chi connectivity index (χ1v) is 10.3. The number of hydrogen-bond acceptors (Lipinski definition) is 4. The molecule has 0 radical (unpaired) electrons. The molecule has 0 atom stereocenters. The molecule has 0 aliphatic rings. The van der Waals surface area contributed by atoms with Gasteiger partial charge in [0.15, 0.2) is 0 Å². The molecular formula is C25H24N4O3. The number of hydrogen-bond donors (Lipinski definition) is 2. The number of carbonyl (C=O) groups excluding carboxylic acids is 2. The lowest BCUT2D eigenvalue weighted by Crippen LogP contribution is -2.43. The summed E-state index contributed by atoms with van der Waals surface area (Å²) < 4.78 is 7.63. The van der Waals surface area contributed by atoms with Gasteiger partial charge in [-0.25, -0.2) is 4.98 Å². The number of rotatable bonds is 6. The van der Waals surface area contributed by atoms with Gasteiger partial charge < -0.3 is 9.30 Å². The van der Waals surface area contributed by atoms with Crippen LogP contribution in [0.15, 0.2) is 72.8 Å². The van der Waals surface area contributed by atoms with Crippen LogP contribution in [0.3, 0.4) is 0 Å². The molecule has 7 heteroatoms. The van der Waals surface area contributed by atoms with Crippen molar-refractivity contribution in [1.29, 1.82) is 0 Å². The lowest BCUT2D eigenvalue weighted by atomic mass is 10.1. The summed E-state index contributed by atoms with van der Waals surface area (Å²) in [5.41, 5.74) is 9.01. The molecule has 7 nitrogen and oxygen atoms in total. The molecule has 0 unspecified atom stereocenters. The first-order valence-electron chi connectivity index (χ1n) is 10.3. The predicted molar refractivity (Wildman–Crippen MR) is 122 cm³/mol. The molecule has 162 valence electrons. The summed E-state index contributed by atoms with van der Waals surface area (Å²) in [4.78, 5) is 29.7. The second-order valence-corrected chi connectivity index (χ2v) is 7.53. The smallest absolute Gasteiger partial charge is 0.269 e. The number of benzene rings is 3. The van der Waals surface area contributed by atoms with Crippen LogP contribution in [0.5, 0.6) is 5.75 Å². The number of fused-ring (bicyclic) bond motifs is 1. The van der Waals surface area contributed by atoms with Gasteiger partial charge in [-0.05, 0) is 49.7 Å². The zero-order valence-electron chi connectivity index (χ0n) is 18.0. The van der Waals surface area contributed by atoms with Crippen LogP contribution >= 0.6 is 0 Å². The normalized spacial score (nSPS) is 10.7. The number of aryl methyl sites for hydroxylation is 2. The number of carbonyl (C=O) groups is 2. The highest BCUT2D eigenvalue weighted by Gasteiger charge is 2.15. The summed E-state index contributed by atoms with van der Waals surface area (Å²) >= 11 is 0. The Bertz CT molecular complexity index is 1260. The van der Waals surface area contributed by atoms with E-state index in [0.717, 1.165) is 27.9 Å². The highest BCUT2D eigenvalue weighted by Crippen LogP contribution is 2.18. The van der Waals surface area contributed by atoms with Crippen molar-refractivity contribution in [3.05, 3.63) is 95.3 Å². The molecular weight excluding hydrogens is 404 g/mol. The summed E-state index contributed by atoms with van der Waals surface area (Å²) in [6.07, 6.45) is 0. The lowest BCUT2D eigenvalue weighted by Gasteiger charge is -2.12. The minimum Gasteiger partial charge on any atom is -0.486 e. The molecule has 0 spiro atoms. The molecule has 4 rings (SSSR count). The Morgan fingerprint density at radius 1 is 0.938 bits per heavy atom. The standard InChI is InChI=1S/C25H24N4O3/c1-17-12-13-20(18(2)14-17)25(31)28-27-24(30)15-29-22-11-7-6-10-21(22)26-23(29)16-32-19-8-4-3-5-9-19/h3-14H,15-16H2,1-2H3,(H,27,30)(H,28,31). The Hall–Kier alpha value is -4.13. The summed E-state index contributed by atoms with van der Waals surface area (Å²) in [5, 5.41) is 0. The van der Waals surface area contributed by atoms with E-state index in [2.05, 4.69) is 15.8 Å². The average molecular weight is 428 g/mol. The van der Waals surface area contributed by atoms with Crippen LogP contribution in [0.1, 0.15) is 27.3 Å². The highest BCUT2D eigenvalue weighted by molar-refractivity contribution is 5.96. The minimum absolute atomic E-state index is 0.0127. The van der Waals surface area contributed by atoms with Gasteiger partial charge in [-0.1, -0.05) is 48.0 Å². The van der Waals surface area contributed by atoms with E-state index in [1.807, 2.05) is 80.6 Å². The number of ether oxygens (including phenoxy) is 1. The van der Waals surface area contributed by atoms with Crippen LogP contribution in [0.2, 0.25) is 0 Å². The van der Waals surface area contributed by atoms with E-state index in [4.69, 9.17) is 4.74 Å². The zero-order chi connectivity index (χ0) is 22.5. The number of para-hydroxylation sites is 3. The van der Waals surface area contributed by atoms with Gasteiger partial charge in [0.25, 0.3) is 11.8 Å². The van der Waals surface area contributed by atoms with Gasteiger partial charge in [-0.15, -0.1) is 0 Å². The predicted octanol–water partition coefficient (Wildman–Crippen LogP) is 3.69. The van der Waals surface area contributed by atoms with Gasteiger partial charge in [0.1, 0.15) is 24.7 Å². The first kappa shape index (κ1) is 21.1. The number of nitrogens with one attached hydrogen (secondary N) is 2. The summed E-state index contributed by atoms with van der Waals surface area (Å²) in [7, 11) is 0.